The molecular weight excluding hydrogens is 278 g/mol. The summed E-state index contributed by atoms with van der Waals surface area (Å²) >= 11 is 0. The molecule has 114 valence electrons. The molecule has 1 aromatic rings. The van der Waals surface area contributed by atoms with Gasteiger partial charge in [0.25, 0.3) is 5.69 Å². The molecule has 1 rings (SSSR count). The molecule has 8 nitrogen and oxygen atoms in total. The number of nitrogens with zero attached hydrogens (tertiary/aromatic N) is 1. The van der Waals surface area contributed by atoms with Gasteiger partial charge in [-0.3, -0.25) is 14.9 Å². The normalized spacial score (nSPS) is 10.8. The molecule has 0 saturated carbocycles. The van der Waals surface area contributed by atoms with Crippen LogP contribution in [-0.2, 0) is 4.79 Å². The number of anilines is 1. The number of nitro benzene ring substituents is 1. The van der Waals surface area contributed by atoms with Gasteiger partial charge < -0.3 is 15.7 Å². The van der Waals surface area contributed by atoms with Gasteiger partial charge >= 0.3 is 12.0 Å². The smallest absolute Gasteiger partial charge is 0.319 e. The first kappa shape index (κ1) is 16.4. The van der Waals surface area contributed by atoms with Crippen LogP contribution in [0.3, 0.4) is 0 Å². The van der Waals surface area contributed by atoms with Crippen molar-refractivity contribution >= 4 is 23.4 Å². The van der Waals surface area contributed by atoms with Gasteiger partial charge in [0, 0.05) is 29.8 Å². The van der Waals surface area contributed by atoms with Crippen LogP contribution in [0.1, 0.15) is 26.7 Å². The number of amides is 2. The molecule has 0 unspecified atom stereocenters. The summed E-state index contributed by atoms with van der Waals surface area (Å²) in [6.07, 6.45) is 0.203. The Kier molecular flexibility index (Phi) is 5.23. The zero-order chi connectivity index (χ0) is 16.0. The van der Waals surface area contributed by atoms with E-state index in [1.54, 1.807) is 13.8 Å². The number of urea groups is 1. The molecule has 21 heavy (non-hydrogen) atoms. The summed E-state index contributed by atoms with van der Waals surface area (Å²) in [5.74, 6) is -0.941. The fourth-order valence-electron chi connectivity index (χ4n) is 1.65. The lowest BCUT2D eigenvalue weighted by Crippen LogP contribution is -2.45. The average molecular weight is 295 g/mol. The van der Waals surface area contributed by atoms with Crippen LogP contribution in [0.15, 0.2) is 24.3 Å². The molecule has 0 aliphatic heterocycles. The molecule has 0 spiro atoms. The molecule has 2 amide bonds. The Hall–Kier alpha value is -2.64. The largest absolute Gasteiger partial charge is 0.481 e. The number of carbonyl (C=O) groups is 2. The third-order valence-corrected chi connectivity index (χ3v) is 2.73. The first-order valence-electron chi connectivity index (χ1n) is 6.25. The number of rotatable bonds is 6. The van der Waals surface area contributed by atoms with Crippen molar-refractivity contribution in [2.45, 2.75) is 32.2 Å². The van der Waals surface area contributed by atoms with Crippen molar-refractivity contribution in [3.63, 3.8) is 0 Å². The number of aliphatic carboxylic acids is 1. The number of nitrogens with one attached hydrogen (secondary N) is 2. The van der Waals surface area contributed by atoms with Crippen LogP contribution >= 0.6 is 0 Å². The Bertz CT molecular complexity index is 556. The van der Waals surface area contributed by atoms with E-state index in [9.17, 15) is 19.7 Å². The van der Waals surface area contributed by atoms with E-state index in [1.807, 2.05) is 0 Å². The fourth-order valence-corrected chi connectivity index (χ4v) is 1.65. The number of carboxylic acids is 1. The van der Waals surface area contributed by atoms with Gasteiger partial charge in [-0.2, -0.15) is 0 Å². The maximum atomic E-state index is 11.8. The van der Waals surface area contributed by atoms with Gasteiger partial charge in [-0.1, -0.05) is 6.07 Å². The highest BCUT2D eigenvalue weighted by Crippen LogP contribution is 2.17. The first-order valence-corrected chi connectivity index (χ1v) is 6.25. The van der Waals surface area contributed by atoms with Crippen LogP contribution in [0.4, 0.5) is 16.2 Å². The van der Waals surface area contributed by atoms with Crippen molar-refractivity contribution in [1.29, 1.82) is 0 Å². The maximum absolute atomic E-state index is 11.8. The number of hydrogen-bond acceptors (Lipinski definition) is 4. The Morgan fingerprint density at radius 3 is 2.62 bits per heavy atom. The molecule has 0 atom stereocenters. The highest BCUT2D eigenvalue weighted by Gasteiger charge is 2.21. The summed E-state index contributed by atoms with van der Waals surface area (Å²) in [4.78, 5) is 32.4. The number of nitro groups is 1. The quantitative estimate of drug-likeness (QED) is 0.549. The van der Waals surface area contributed by atoms with Gasteiger partial charge in [0.1, 0.15) is 0 Å². The summed E-state index contributed by atoms with van der Waals surface area (Å²) < 4.78 is 0. The van der Waals surface area contributed by atoms with Crippen LogP contribution in [0.2, 0.25) is 0 Å². The number of carbonyl (C=O) groups excluding carboxylic acids is 1. The van der Waals surface area contributed by atoms with Crippen molar-refractivity contribution in [2.24, 2.45) is 0 Å². The molecule has 0 radical (unpaired) electrons. The SMILES string of the molecule is CC(C)(CCC(=O)O)NC(=O)Nc1cccc([N+](=O)[O-])c1. The summed E-state index contributed by atoms with van der Waals surface area (Å²) in [7, 11) is 0. The highest BCUT2D eigenvalue weighted by atomic mass is 16.6. The predicted molar refractivity (Wildman–Crippen MR) is 76.2 cm³/mol. The molecule has 0 fully saturated rings. The van der Waals surface area contributed by atoms with Crippen molar-refractivity contribution in [3.8, 4) is 0 Å². The van der Waals surface area contributed by atoms with E-state index in [2.05, 4.69) is 10.6 Å². The minimum absolute atomic E-state index is 0.0654. The van der Waals surface area contributed by atoms with Crippen molar-refractivity contribution in [1.82, 2.24) is 5.32 Å². The maximum Gasteiger partial charge on any atom is 0.319 e. The van der Waals surface area contributed by atoms with E-state index < -0.39 is 22.5 Å². The highest BCUT2D eigenvalue weighted by molar-refractivity contribution is 5.90. The van der Waals surface area contributed by atoms with Crippen LogP contribution < -0.4 is 10.6 Å². The van der Waals surface area contributed by atoms with Crippen LogP contribution in [-0.4, -0.2) is 27.6 Å². The minimum atomic E-state index is -0.941. The van der Waals surface area contributed by atoms with Gasteiger partial charge in [0.15, 0.2) is 0 Å². The molecule has 8 heteroatoms. The molecule has 3 N–H and O–H groups in total. The van der Waals surface area contributed by atoms with E-state index in [4.69, 9.17) is 5.11 Å². The average Bonchev–Trinajstić information content (AvgIpc) is 2.36. The van der Waals surface area contributed by atoms with Gasteiger partial charge in [-0.15, -0.1) is 0 Å². The molecule has 0 saturated heterocycles. The Labute approximate surface area is 121 Å². The number of benzene rings is 1. The Balaban J connectivity index is 2.62. The lowest BCUT2D eigenvalue weighted by molar-refractivity contribution is -0.384. The van der Waals surface area contributed by atoms with Gasteiger partial charge in [0.05, 0.1) is 4.92 Å². The van der Waals surface area contributed by atoms with Crippen LogP contribution in [0.5, 0.6) is 0 Å². The monoisotopic (exact) mass is 295 g/mol. The van der Waals surface area contributed by atoms with Crippen LogP contribution in [0, 0.1) is 10.1 Å². The van der Waals surface area contributed by atoms with E-state index in [-0.39, 0.29) is 24.2 Å². The molecule has 0 bridgehead atoms. The second-order valence-corrected chi connectivity index (χ2v) is 5.16. The summed E-state index contributed by atoms with van der Waals surface area (Å²) in [5.41, 5.74) is -0.544. The molecular formula is C13H17N3O5. The van der Waals surface area contributed by atoms with Crippen molar-refractivity contribution in [2.75, 3.05) is 5.32 Å². The minimum Gasteiger partial charge on any atom is -0.481 e. The molecule has 1 aromatic carbocycles. The van der Waals surface area contributed by atoms with Gasteiger partial charge in [-0.25, -0.2) is 4.79 Å². The number of non-ortho nitro benzene ring substituents is 1. The van der Waals surface area contributed by atoms with E-state index in [0.717, 1.165) is 0 Å². The summed E-state index contributed by atoms with van der Waals surface area (Å²) in [5, 5.41) is 24.4. The van der Waals surface area contributed by atoms with Gasteiger partial charge in [0.2, 0.25) is 0 Å². The van der Waals surface area contributed by atoms with Gasteiger partial charge in [-0.05, 0) is 26.3 Å². The topological polar surface area (TPSA) is 122 Å². The lowest BCUT2D eigenvalue weighted by atomic mass is 9.99. The van der Waals surface area contributed by atoms with Crippen molar-refractivity contribution in [3.05, 3.63) is 34.4 Å². The van der Waals surface area contributed by atoms with Crippen molar-refractivity contribution < 1.29 is 19.6 Å². The predicted octanol–water partition coefficient (Wildman–Crippen LogP) is 2.36. The van der Waals surface area contributed by atoms with E-state index >= 15 is 0 Å². The Morgan fingerprint density at radius 1 is 1.38 bits per heavy atom. The fraction of sp³-hybridized carbons (Fsp3) is 0.385. The first-order chi connectivity index (χ1) is 9.69. The molecule has 0 aliphatic rings. The molecule has 0 aliphatic carbocycles. The molecule has 0 heterocycles. The molecule has 0 aromatic heterocycles. The second-order valence-electron chi connectivity index (χ2n) is 5.16. The third kappa shape index (κ3) is 5.89. The lowest BCUT2D eigenvalue weighted by Gasteiger charge is -2.25. The third-order valence-electron chi connectivity index (χ3n) is 2.73. The second kappa shape index (κ2) is 6.69. The standard InChI is InChI=1S/C13H17N3O5/c1-13(2,7-6-11(17)18)15-12(19)14-9-4-3-5-10(8-9)16(20)21/h3-5,8H,6-7H2,1-2H3,(H,17,18)(H2,14,15,19). The van der Waals surface area contributed by atoms with E-state index in [0.29, 0.717) is 0 Å². The summed E-state index contributed by atoms with van der Waals surface area (Å²) in [6, 6.07) is 5.00. The van der Waals surface area contributed by atoms with Crippen LogP contribution in [0.25, 0.3) is 0 Å². The van der Waals surface area contributed by atoms with E-state index in [1.165, 1.54) is 24.3 Å². The number of hydrogen-bond donors (Lipinski definition) is 3. The summed E-state index contributed by atoms with van der Waals surface area (Å²) in [6.45, 7) is 3.39. The zero-order valence-corrected chi connectivity index (χ0v) is 11.8. The zero-order valence-electron chi connectivity index (χ0n) is 11.8. The Morgan fingerprint density at radius 2 is 2.05 bits per heavy atom. The number of carboxylic acid groups (broad SMARTS) is 1.